The predicted molar refractivity (Wildman–Crippen MR) is 67.0 cm³/mol. The molecule has 0 aromatic heterocycles. The van der Waals surface area contributed by atoms with Gasteiger partial charge in [-0.25, -0.2) is 4.39 Å². The van der Waals surface area contributed by atoms with Crippen molar-refractivity contribution in [3.63, 3.8) is 0 Å². The molecule has 1 fully saturated rings. The number of nitrogens with one attached hydrogen (secondary N) is 1. The molecule has 1 aromatic rings. The summed E-state index contributed by atoms with van der Waals surface area (Å²) >= 11 is 0. The van der Waals surface area contributed by atoms with E-state index < -0.39 is 12.2 Å². The summed E-state index contributed by atoms with van der Waals surface area (Å²) in [5.74, 6) is -0.521. The SMILES string of the molecule is Nc1ccc2c(c1)CN([C@H]1C[C@H](F)CNC1=O)C2=O. The largest absolute Gasteiger partial charge is 0.399 e. The van der Waals surface area contributed by atoms with Crippen LogP contribution in [0.3, 0.4) is 0 Å². The third-order valence-electron chi connectivity index (χ3n) is 3.62. The number of piperidine rings is 1. The molecule has 0 spiro atoms. The fourth-order valence-corrected chi connectivity index (χ4v) is 2.65. The Kier molecular flexibility index (Phi) is 2.66. The lowest BCUT2D eigenvalue weighted by Crippen LogP contribution is -2.54. The van der Waals surface area contributed by atoms with Gasteiger partial charge < -0.3 is 16.0 Å². The summed E-state index contributed by atoms with van der Waals surface area (Å²) in [6.45, 7) is 0.335. The minimum atomic E-state index is -1.11. The Balaban J connectivity index is 1.88. The van der Waals surface area contributed by atoms with Crippen LogP contribution in [0.2, 0.25) is 0 Å². The first-order valence-electron chi connectivity index (χ1n) is 6.17. The molecule has 2 aliphatic heterocycles. The molecular weight excluding hydrogens is 249 g/mol. The Hall–Kier alpha value is -2.11. The van der Waals surface area contributed by atoms with Crippen molar-refractivity contribution >= 4 is 17.5 Å². The highest BCUT2D eigenvalue weighted by molar-refractivity contribution is 6.01. The molecule has 2 amide bonds. The van der Waals surface area contributed by atoms with Gasteiger partial charge in [0.2, 0.25) is 5.91 Å². The monoisotopic (exact) mass is 263 g/mol. The Labute approximate surface area is 109 Å². The standard InChI is InChI=1S/C13H14FN3O2/c14-8-4-11(12(18)16-5-8)17-6-7-3-9(15)1-2-10(7)13(17)19/h1-3,8,11H,4-6,15H2,(H,16,18)/t8-,11-/m0/s1. The summed E-state index contributed by atoms with van der Waals surface area (Å²) in [5, 5.41) is 2.48. The third kappa shape index (κ3) is 1.93. The first-order valence-corrected chi connectivity index (χ1v) is 6.17. The Bertz CT molecular complexity index is 561. The van der Waals surface area contributed by atoms with Crippen molar-refractivity contribution < 1.29 is 14.0 Å². The number of hydrogen-bond donors (Lipinski definition) is 2. The molecule has 2 atom stereocenters. The maximum absolute atomic E-state index is 13.4. The molecule has 3 N–H and O–H groups in total. The lowest BCUT2D eigenvalue weighted by molar-refractivity contribution is -0.128. The molecule has 1 aromatic carbocycles. The van der Waals surface area contributed by atoms with Crippen LogP contribution in [0.1, 0.15) is 22.3 Å². The van der Waals surface area contributed by atoms with Crippen molar-refractivity contribution in [2.45, 2.75) is 25.2 Å². The van der Waals surface area contributed by atoms with Crippen molar-refractivity contribution in [1.29, 1.82) is 0 Å². The first kappa shape index (κ1) is 12.0. The summed E-state index contributed by atoms with van der Waals surface area (Å²) in [5.41, 5.74) is 7.59. The number of rotatable bonds is 1. The number of nitrogen functional groups attached to an aromatic ring is 1. The van der Waals surface area contributed by atoms with Crippen molar-refractivity contribution in [3.05, 3.63) is 29.3 Å². The van der Waals surface area contributed by atoms with Gasteiger partial charge in [0.15, 0.2) is 0 Å². The van der Waals surface area contributed by atoms with Crippen molar-refractivity contribution in [2.24, 2.45) is 0 Å². The molecule has 5 nitrogen and oxygen atoms in total. The van der Waals surface area contributed by atoms with Gasteiger partial charge in [0.25, 0.3) is 5.91 Å². The van der Waals surface area contributed by atoms with E-state index in [-0.39, 0.29) is 24.8 Å². The van der Waals surface area contributed by atoms with Crippen LogP contribution in [0.25, 0.3) is 0 Å². The molecule has 2 aliphatic rings. The average Bonchev–Trinajstić information content (AvgIpc) is 2.69. The number of carbonyl (C=O) groups is 2. The third-order valence-corrected chi connectivity index (χ3v) is 3.62. The van der Waals surface area contributed by atoms with Crippen molar-refractivity contribution in [1.82, 2.24) is 10.2 Å². The van der Waals surface area contributed by atoms with E-state index in [1.54, 1.807) is 18.2 Å². The highest BCUT2D eigenvalue weighted by Gasteiger charge is 2.39. The number of hydrogen-bond acceptors (Lipinski definition) is 3. The molecule has 1 saturated heterocycles. The second-order valence-electron chi connectivity index (χ2n) is 4.94. The summed E-state index contributed by atoms with van der Waals surface area (Å²) in [7, 11) is 0. The maximum Gasteiger partial charge on any atom is 0.255 e. The van der Waals surface area contributed by atoms with E-state index in [1.165, 1.54) is 4.90 Å². The van der Waals surface area contributed by atoms with Crippen LogP contribution < -0.4 is 11.1 Å². The molecule has 3 rings (SSSR count). The van der Waals surface area contributed by atoms with Gasteiger partial charge in [-0.05, 0) is 23.8 Å². The molecule has 100 valence electrons. The molecule has 0 unspecified atom stereocenters. The van der Waals surface area contributed by atoms with Crippen LogP contribution >= 0.6 is 0 Å². The number of alkyl halides is 1. The fraction of sp³-hybridized carbons (Fsp3) is 0.385. The van der Waals surface area contributed by atoms with E-state index in [0.29, 0.717) is 17.8 Å². The van der Waals surface area contributed by atoms with Crippen molar-refractivity contribution in [2.75, 3.05) is 12.3 Å². The highest BCUT2D eigenvalue weighted by atomic mass is 19.1. The van der Waals surface area contributed by atoms with Gasteiger partial charge in [0, 0.05) is 30.8 Å². The lowest BCUT2D eigenvalue weighted by Gasteiger charge is -2.31. The molecule has 0 saturated carbocycles. The minimum absolute atomic E-state index is 0.0251. The number of fused-ring (bicyclic) bond motifs is 1. The first-order chi connectivity index (χ1) is 9.06. The number of amides is 2. The van der Waals surface area contributed by atoms with E-state index in [9.17, 15) is 14.0 Å². The number of anilines is 1. The second-order valence-corrected chi connectivity index (χ2v) is 4.94. The summed E-state index contributed by atoms with van der Waals surface area (Å²) in [6, 6.07) is 4.30. The number of halogens is 1. The van der Waals surface area contributed by atoms with Gasteiger partial charge in [0.05, 0.1) is 0 Å². The van der Waals surface area contributed by atoms with Gasteiger partial charge in [-0.1, -0.05) is 0 Å². The van der Waals surface area contributed by atoms with E-state index in [0.717, 1.165) is 5.56 Å². The summed E-state index contributed by atoms with van der Waals surface area (Å²) < 4.78 is 13.4. The van der Waals surface area contributed by atoms with Crippen molar-refractivity contribution in [3.8, 4) is 0 Å². The topological polar surface area (TPSA) is 75.4 Å². The van der Waals surface area contributed by atoms with Crippen LogP contribution in [0.15, 0.2) is 18.2 Å². The van der Waals surface area contributed by atoms with Gasteiger partial charge in [-0.15, -0.1) is 0 Å². The van der Waals surface area contributed by atoms with E-state index in [4.69, 9.17) is 5.73 Å². The zero-order chi connectivity index (χ0) is 13.6. The molecule has 0 bridgehead atoms. The Morgan fingerprint density at radius 2 is 2.16 bits per heavy atom. The fourth-order valence-electron chi connectivity index (χ4n) is 2.65. The number of nitrogens with zero attached hydrogens (tertiary/aromatic N) is 1. The quantitative estimate of drug-likeness (QED) is 0.722. The van der Waals surface area contributed by atoms with Gasteiger partial charge in [0.1, 0.15) is 12.2 Å². The van der Waals surface area contributed by atoms with Gasteiger partial charge in [-0.3, -0.25) is 9.59 Å². The normalized spacial score (nSPS) is 26.3. The molecule has 0 aliphatic carbocycles. The molecule has 19 heavy (non-hydrogen) atoms. The molecule has 6 heteroatoms. The number of benzene rings is 1. The number of nitrogens with two attached hydrogens (primary N) is 1. The van der Waals surface area contributed by atoms with Crippen LogP contribution in [-0.4, -0.2) is 35.5 Å². The van der Waals surface area contributed by atoms with Gasteiger partial charge >= 0.3 is 0 Å². The Morgan fingerprint density at radius 1 is 1.37 bits per heavy atom. The van der Waals surface area contributed by atoms with E-state index >= 15 is 0 Å². The van der Waals surface area contributed by atoms with Crippen LogP contribution in [-0.2, 0) is 11.3 Å². The minimum Gasteiger partial charge on any atom is -0.399 e. The predicted octanol–water partition coefficient (Wildman–Crippen LogP) is 0.451. The second kappa shape index (κ2) is 4.22. The van der Waals surface area contributed by atoms with Crippen LogP contribution in [0.5, 0.6) is 0 Å². The highest BCUT2D eigenvalue weighted by Crippen LogP contribution is 2.28. The zero-order valence-corrected chi connectivity index (χ0v) is 10.2. The summed E-state index contributed by atoms with van der Waals surface area (Å²) in [4.78, 5) is 25.5. The van der Waals surface area contributed by atoms with Gasteiger partial charge in [-0.2, -0.15) is 0 Å². The summed E-state index contributed by atoms with van der Waals surface area (Å²) in [6.07, 6.45) is -1.05. The molecular formula is C13H14FN3O2. The average molecular weight is 263 g/mol. The maximum atomic E-state index is 13.4. The number of carbonyl (C=O) groups excluding carboxylic acids is 2. The smallest absolute Gasteiger partial charge is 0.255 e. The molecule has 2 heterocycles. The molecule has 0 radical (unpaired) electrons. The van der Waals surface area contributed by atoms with Crippen LogP contribution in [0.4, 0.5) is 10.1 Å². The van der Waals surface area contributed by atoms with E-state index in [2.05, 4.69) is 5.32 Å². The van der Waals surface area contributed by atoms with E-state index in [1.807, 2.05) is 0 Å². The van der Waals surface area contributed by atoms with Crippen LogP contribution in [0, 0.1) is 0 Å². The Morgan fingerprint density at radius 3 is 2.95 bits per heavy atom. The lowest BCUT2D eigenvalue weighted by atomic mass is 10.0. The zero-order valence-electron chi connectivity index (χ0n) is 10.2.